The van der Waals surface area contributed by atoms with Crippen LogP contribution in [0.5, 0.6) is 17.2 Å². The van der Waals surface area contributed by atoms with Crippen molar-refractivity contribution >= 4 is 11.6 Å². The molecule has 0 bridgehead atoms. The second kappa shape index (κ2) is 19.0. The molecule has 0 spiro atoms. The monoisotopic (exact) mass is 770 g/mol. The molecule has 0 saturated heterocycles. The number of nitrogens with zero attached hydrogens (tertiary/aromatic N) is 2. The van der Waals surface area contributed by atoms with Crippen LogP contribution in [0.4, 0.5) is 4.39 Å². The zero-order chi connectivity index (χ0) is 39.7. The maximum Gasteiger partial charge on any atom is 0.239 e. The first-order valence-electron chi connectivity index (χ1n) is 19.6. The lowest BCUT2D eigenvalue weighted by Crippen LogP contribution is -2.69. The Balaban J connectivity index is 1.50. The summed E-state index contributed by atoms with van der Waals surface area (Å²) in [4.78, 5) is 21.6. The van der Waals surface area contributed by atoms with Gasteiger partial charge in [-0.25, -0.2) is 4.39 Å². The van der Waals surface area contributed by atoms with Crippen molar-refractivity contribution in [3.63, 3.8) is 0 Å². The molecule has 11 heteroatoms. The van der Waals surface area contributed by atoms with Gasteiger partial charge in [0.25, 0.3) is 0 Å². The molecule has 1 heterocycles. The molecule has 0 aromatic heterocycles. The van der Waals surface area contributed by atoms with E-state index in [1.807, 2.05) is 42.5 Å². The minimum atomic E-state index is -1.36. The van der Waals surface area contributed by atoms with Gasteiger partial charge < -0.3 is 38.9 Å². The summed E-state index contributed by atoms with van der Waals surface area (Å²) in [7, 11) is 4.92. The first-order chi connectivity index (χ1) is 27.3. The number of likely N-dealkylation sites (N-methyl/N-ethyl adjacent to an activating group) is 1. The smallest absolute Gasteiger partial charge is 0.239 e. The minimum Gasteiger partial charge on any atom is -0.497 e. The first-order valence-corrected chi connectivity index (χ1v) is 19.6. The SMILES string of the molecule is C=CCOC12Oc3ccc(OCc4ccccc4F)cc3C3C(CCCCO)C(CCCCO)C=C(C(=NOC)CC1N(C)C(=O)Cc1cccc(OC)c1)C32. The zero-order valence-electron chi connectivity index (χ0n) is 32.7. The molecule has 1 saturated carbocycles. The molecule has 3 aromatic carbocycles. The lowest BCUT2D eigenvalue weighted by Gasteiger charge is -2.59. The van der Waals surface area contributed by atoms with E-state index in [2.05, 4.69) is 17.8 Å². The van der Waals surface area contributed by atoms with E-state index in [4.69, 9.17) is 23.8 Å². The van der Waals surface area contributed by atoms with E-state index in [0.29, 0.717) is 47.8 Å². The number of rotatable bonds is 19. The van der Waals surface area contributed by atoms with E-state index in [9.17, 15) is 19.4 Å². The van der Waals surface area contributed by atoms with Gasteiger partial charge in [0, 0.05) is 43.7 Å². The average Bonchev–Trinajstić information content (AvgIpc) is 3.21. The maximum atomic E-state index is 14.6. The Kier molecular flexibility index (Phi) is 13.9. The van der Waals surface area contributed by atoms with E-state index in [1.54, 1.807) is 43.3 Å². The summed E-state index contributed by atoms with van der Waals surface area (Å²) in [5.74, 6) is -0.464. The normalized spacial score (nSPS) is 24.3. The fourth-order valence-electron chi connectivity index (χ4n) is 8.96. The lowest BCUT2D eigenvalue weighted by molar-refractivity contribution is -0.255. The third-order valence-corrected chi connectivity index (χ3v) is 11.5. The number of aliphatic hydroxyl groups is 2. The molecule has 1 amide bonds. The van der Waals surface area contributed by atoms with Crippen LogP contribution < -0.4 is 14.2 Å². The van der Waals surface area contributed by atoms with Crippen molar-refractivity contribution in [2.75, 3.05) is 41.1 Å². The molecule has 6 atom stereocenters. The molecule has 2 aliphatic carbocycles. The largest absolute Gasteiger partial charge is 0.497 e. The van der Waals surface area contributed by atoms with Gasteiger partial charge in [-0.2, -0.15) is 0 Å². The van der Waals surface area contributed by atoms with Gasteiger partial charge in [0.05, 0.1) is 31.8 Å². The number of carbonyl (C=O) groups excluding carboxylic acids is 1. The summed E-state index contributed by atoms with van der Waals surface area (Å²) in [5, 5.41) is 24.2. The van der Waals surface area contributed by atoms with Crippen molar-refractivity contribution < 1.29 is 43.2 Å². The Morgan fingerprint density at radius 3 is 2.54 bits per heavy atom. The molecule has 1 aliphatic heterocycles. The number of halogens is 1. The van der Waals surface area contributed by atoms with Gasteiger partial charge in [0.1, 0.15) is 42.8 Å². The summed E-state index contributed by atoms with van der Waals surface area (Å²) >= 11 is 0. The van der Waals surface area contributed by atoms with E-state index in [1.165, 1.54) is 13.2 Å². The fourth-order valence-corrected chi connectivity index (χ4v) is 8.96. The molecule has 300 valence electrons. The fraction of sp³-hybridized carbons (Fsp3) is 0.467. The number of amides is 1. The average molecular weight is 771 g/mol. The highest BCUT2D eigenvalue weighted by Crippen LogP contribution is 2.61. The number of allylic oxidation sites excluding steroid dienone is 1. The summed E-state index contributed by atoms with van der Waals surface area (Å²) in [6.07, 6.45) is 9.02. The van der Waals surface area contributed by atoms with Crippen molar-refractivity contribution in [2.24, 2.45) is 22.9 Å². The van der Waals surface area contributed by atoms with Crippen LogP contribution in [0, 0.1) is 23.6 Å². The number of ether oxygens (including phenoxy) is 4. The van der Waals surface area contributed by atoms with Crippen LogP contribution >= 0.6 is 0 Å². The molecule has 6 rings (SSSR count). The number of hydrogen-bond acceptors (Lipinski definition) is 9. The van der Waals surface area contributed by atoms with Crippen molar-refractivity contribution in [3.05, 3.63) is 114 Å². The van der Waals surface area contributed by atoms with Crippen LogP contribution in [-0.4, -0.2) is 79.6 Å². The summed E-state index contributed by atoms with van der Waals surface area (Å²) in [6.45, 7) is 4.39. The van der Waals surface area contributed by atoms with Crippen molar-refractivity contribution in [1.82, 2.24) is 4.90 Å². The molecule has 0 radical (unpaired) electrons. The van der Waals surface area contributed by atoms with Crippen molar-refractivity contribution in [2.45, 2.75) is 75.7 Å². The number of carbonyl (C=O) groups is 1. The van der Waals surface area contributed by atoms with Crippen molar-refractivity contribution in [3.8, 4) is 17.2 Å². The summed E-state index contributed by atoms with van der Waals surface area (Å²) in [5.41, 5.74) is 3.85. The predicted molar refractivity (Wildman–Crippen MR) is 212 cm³/mol. The second-order valence-corrected chi connectivity index (χ2v) is 14.9. The maximum absolute atomic E-state index is 14.6. The molecule has 1 fully saturated rings. The molecule has 6 unspecified atom stereocenters. The lowest BCUT2D eigenvalue weighted by atomic mass is 9.55. The van der Waals surface area contributed by atoms with E-state index in [-0.39, 0.29) is 62.3 Å². The molecule has 10 nitrogen and oxygen atoms in total. The number of methoxy groups -OCH3 is 1. The zero-order valence-corrected chi connectivity index (χ0v) is 32.7. The Morgan fingerprint density at radius 2 is 1.80 bits per heavy atom. The van der Waals surface area contributed by atoms with Crippen LogP contribution in [0.25, 0.3) is 0 Å². The van der Waals surface area contributed by atoms with Crippen LogP contribution in [0.2, 0.25) is 0 Å². The molecular formula is C45H55FN2O8. The number of aliphatic hydroxyl groups excluding tert-OH is 2. The standard InChI is InChI=1S/C45H55FN2O8/c1-5-23-55-45-41(48(2)42(51)25-30-13-12-16-33(24-30)52-3)28-39(47-53-4)36-26-31(14-8-10-21-49)35(17-9-11-22-50)43(44(36)45)37-27-34(19-20-40(37)56-45)54-29-32-15-6-7-18-38(32)46/h5-7,12-13,15-16,18-20,24,26-27,31,35,41,43-44,49-50H,1,8-11,14,17,21-23,25,28-29H2,2-4H3. The van der Waals surface area contributed by atoms with Gasteiger partial charge in [-0.15, -0.1) is 6.58 Å². The molecular weight excluding hydrogens is 715 g/mol. The third kappa shape index (κ3) is 8.65. The minimum absolute atomic E-state index is 0.0502. The van der Waals surface area contributed by atoms with Crippen LogP contribution in [0.3, 0.4) is 0 Å². The molecule has 3 aromatic rings. The van der Waals surface area contributed by atoms with Gasteiger partial charge in [0.2, 0.25) is 11.7 Å². The van der Waals surface area contributed by atoms with E-state index >= 15 is 0 Å². The van der Waals surface area contributed by atoms with Gasteiger partial charge >= 0.3 is 0 Å². The highest BCUT2D eigenvalue weighted by Gasteiger charge is 2.65. The molecule has 2 N–H and O–H groups in total. The topological polar surface area (TPSA) is 119 Å². The van der Waals surface area contributed by atoms with Gasteiger partial charge in [-0.05, 0) is 85.1 Å². The summed E-state index contributed by atoms with van der Waals surface area (Å²) in [6, 6.07) is 19.1. The molecule has 56 heavy (non-hydrogen) atoms. The second-order valence-electron chi connectivity index (χ2n) is 14.9. The Labute approximate surface area is 329 Å². The van der Waals surface area contributed by atoms with Crippen LogP contribution in [0.1, 0.15) is 67.6 Å². The van der Waals surface area contributed by atoms with Crippen LogP contribution in [0.15, 0.2) is 96.2 Å². The quantitative estimate of drug-likeness (QED) is 0.0737. The van der Waals surface area contributed by atoms with E-state index in [0.717, 1.165) is 42.4 Å². The Bertz CT molecular complexity index is 1880. The van der Waals surface area contributed by atoms with Crippen LogP contribution in [-0.2, 0) is 27.4 Å². The third-order valence-electron chi connectivity index (χ3n) is 11.5. The number of oxime groups is 1. The molecule has 3 aliphatic rings. The highest BCUT2D eigenvalue weighted by atomic mass is 19.1. The predicted octanol–water partition coefficient (Wildman–Crippen LogP) is 7.38. The van der Waals surface area contributed by atoms with Crippen molar-refractivity contribution in [1.29, 1.82) is 0 Å². The van der Waals surface area contributed by atoms with E-state index < -0.39 is 17.7 Å². The highest BCUT2D eigenvalue weighted by molar-refractivity contribution is 6.03. The number of benzene rings is 3. The number of fused-ring (bicyclic) bond motifs is 2. The van der Waals surface area contributed by atoms with Gasteiger partial charge in [-0.3, -0.25) is 4.79 Å². The van der Waals surface area contributed by atoms with Gasteiger partial charge in [0.15, 0.2) is 0 Å². The Hall–Kier alpha value is -4.71. The number of unbranched alkanes of at least 4 members (excludes halogenated alkanes) is 2. The summed E-state index contributed by atoms with van der Waals surface area (Å²) < 4.78 is 40.4. The van der Waals surface area contributed by atoms with Gasteiger partial charge in [-0.1, -0.05) is 60.5 Å². The Morgan fingerprint density at radius 1 is 1.02 bits per heavy atom. The first kappa shape index (κ1) is 40.9. The number of hydrogen-bond donors (Lipinski definition) is 2.